The fourth-order valence-electron chi connectivity index (χ4n) is 3.34. The molecule has 1 amide bonds. The van der Waals surface area contributed by atoms with Gasteiger partial charge in [-0.15, -0.1) is 6.42 Å². The van der Waals surface area contributed by atoms with E-state index in [9.17, 15) is 22.4 Å². The second kappa shape index (κ2) is 10.2. The molecule has 1 N–H and O–H groups in total. The standard InChI is InChI=1S/C25H18FN3O5S2/c1-3-13-29-21-12-7-17(24(31)34-2)15-22(21)35-25(29)27-23(30)16-5-4-6-19(14-16)28-36(32,33)20-10-8-18(26)9-11-20/h1,4-12,14-15,28H,13H2,2H3. The van der Waals surface area contributed by atoms with Crippen molar-refractivity contribution < 1.29 is 27.1 Å². The number of sulfonamides is 1. The van der Waals surface area contributed by atoms with E-state index in [4.69, 9.17) is 11.2 Å². The van der Waals surface area contributed by atoms with E-state index in [2.05, 4.69) is 15.6 Å². The molecule has 182 valence electrons. The quantitative estimate of drug-likeness (QED) is 0.306. The van der Waals surface area contributed by atoms with Gasteiger partial charge in [-0.1, -0.05) is 23.3 Å². The highest BCUT2D eigenvalue weighted by atomic mass is 32.2. The van der Waals surface area contributed by atoms with E-state index in [-0.39, 0.29) is 22.7 Å². The van der Waals surface area contributed by atoms with Crippen LogP contribution in [0.5, 0.6) is 0 Å². The van der Waals surface area contributed by atoms with Crippen LogP contribution in [-0.2, 0) is 21.3 Å². The maximum Gasteiger partial charge on any atom is 0.337 e. The Bertz CT molecular complexity index is 1700. The number of carbonyl (C=O) groups excluding carboxylic acids is 2. The van der Waals surface area contributed by atoms with Gasteiger partial charge in [0.05, 0.1) is 34.3 Å². The van der Waals surface area contributed by atoms with Gasteiger partial charge in [-0.2, -0.15) is 4.99 Å². The largest absolute Gasteiger partial charge is 0.465 e. The predicted octanol–water partition coefficient (Wildman–Crippen LogP) is 3.80. The van der Waals surface area contributed by atoms with Crippen molar-refractivity contribution in [1.82, 2.24) is 4.57 Å². The first-order chi connectivity index (χ1) is 17.2. The Morgan fingerprint density at radius 1 is 1.11 bits per heavy atom. The molecular weight excluding hydrogens is 505 g/mol. The molecule has 11 heteroatoms. The number of anilines is 1. The molecule has 0 radical (unpaired) electrons. The van der Waals surface area contributed by atoms with E-state index in [1.54, 1.807) is 22.8 Å². The molecule has 1 heterocycles. The van der Waals surface area contributed by atoms with Gasteiger partial charge in [-0.3, -0.25) is 9.52 Å². The highest BCUT2D eigenvalue weighted by Crippen LogP contribution is 2.21. The number of carbonyl (C=O) groups is 2. The monoisotopic (exact) mass is 523 g/mol. The maximum absolute atomic E-state index is 13.1. The Hall–Kier alpha value is -4.27. The first-order valence-corrected chi connectivity index (χ1v) is 12.6. The summed E-state index contributed by atoms with van der Waals surface area (Å²) in [6.07, 6.45) is 5.50. The Labute approximate surface area is 209 Å². The summed E-state index contributed by atoms with van der Waals surface area (Å²) in [7, 11) is -2.71. The molecule has 0 atom stereocenters. The van der Waals surface area contributed by atoms with E-state index < -0.39 is 27.7 Å². The van der Waals surface area contributed by atoms with Crippen LogP contribution in [0.2, 0.25) is 0 Å². The normalized spacial score (nSPS) is 11.8. The summed E-state index contributed by atoms with van der Waals surface area (Å²) in [6.45, 7) is 0.140. The molecular formula is C25H18FN3O5S2. The first-order valence-electron chi connectivity index (χ1n) is 10.3. The van der Waals surface area contributed by atoms with Gasteiger partial charge < -0.3 is 9.30 Å². The second-order valence-corrected chi connectivity index (χ2v) is 10.1. The Morgan fingerprint density at radius 3 is 2.56 bits per heavy atom. The first kappa shape index (κ1) is 24.8. The van der Waals surface area contributed by atoms with Crippen molar-refractivity contribution in [2.24, 2.45) is 4.99 Å². The predicted molar refractivity (Wildman–Crippen MR) is 134 cm³/mol. The molecule has 0 aliphatic rings. The smallest absolute Gasteiger partial charge is 0.337 e. The van der Waals surface area contributed by atoms with Crippen LogP contribution in [0.15, 0.2) is 76.6 Å². The van der Waals surface area contributed by atoms with Gasteiger partial charge in [-0.25, -0.2) is 17.6 Å². The van der Waals surface area contributed by atoms with Crippen molar-refractivity contribution >= 4 is 49.1 Å². The zero-order valence-corrected chi connectivity index (χ0v) is 20.4. The number of aromatic nitrogens is 1. The van der Waals surface area contributed by atoms with Gasteiger partial charge >= 0.3 is 5.97 Å². The van der Waals surface area contributed by atoms with Crippen molar-refractivity contribution in [2.45, 2.75) is 11.4 Å². The number of methoxy groups -OCH3 is 1. The molecule has 3 aromatic carbocycles. The summed E-state index contributed by atoms with van der Waals surface area (Å²) in [4.78, 5) is 29.2. The van der Waals surface area contributed by atoms with Crippen molar-refractivity contribution in [1.29, 1.82) is 0 Å². The number of ether oxygens (including phenoxy) is 1. The number of nitrogens with one attached hydrogen (secondary N) is 1. The average molecular weight is 524 g/mol. The molecule has 1 aromatic heterocycles. The van der Waals surface area contributed by atoms with Crippen molar-refractivity contribution in [3.8, 4) is 12.3 Å². The minimum Gasteiger partial charge on any atom is -0.465 e. The van der Waals surface area contributed by atoms with Crippen LogP contribution < -0.4 is 9.52 Å². The van der Waals surface area contributed by atoms with Crippen molar-refractivity contribution in [3.63, 3.8) is 0 Å². The fourth-order valence-corrected chi connectivity index (χ4v) is 5.46. The summed E-state index contributed by atoms with van der Waals surface area (Å²) in [5.74, 6) is 0.844. The molecule has 0 bridgehead atoms. The number of terminal acetylenes is 1. The van der Waals surface area contributed by atoms with Crippen LogP contribution in [0.25, 0.3) is 10.2 Å². The van der Waals surface area contributed by atoms with Crippen LogP contribution in [0.4, 0.5) is 10.1 Å². The molecule has 36 heavy (non-hydrogen) atoms. The maximum atomic E-state index is 13.1. The van der Waals surface area contributed by atoms with E-state index in [0.29, 0.717) is 20.6 Å². The number of hydrogen-bond donors (Lipinski definition) is 1. The van der Waals surface area contributed by atoms with Crippen LogP contribution in [0, 0.1) is 18.2 Å². The van der Waals surface area contributed by atoms with E-state index >= 15 is 0 Å². The lowest BCUT2D eigenvalue weighted by Crippen LogP contribution is -2.17. The van der Waals surface area contributed by atoms with E-state index in [0.717, 1.165) is 24.3 Å². The summed E-state index contributed by atoms with van der Waals surface area (Å²) < 4.78 is 47.8. The number of nitrogens with zero attached hydrogens (tertiary/aromatic N) is 2. The Kier molecular flexibility index (Phi) is 7.00. The van der Waals surface area contributed by atoms with Crippen LogP contribution >= 0.6 is 11.3 Å². The van der Waals surface area contributed by atoms with Crippen molar-refractivity contribution in [2.75, 3.05) is 11.8 Å². The fraction of sp³-hybridized carbons (Fsp3) is 0.0800. The molecule has 0 aliphatic heterocycles. The molecule has 8 nitrogen and oxygen atoms in total. The van der Waals surface area contributed by atoms with E-state index in [1.165, 1.54) is 42.7 Å². The number of rotatable bonds is 6. The lowest BCUT2D eigenvalue weighted by molar-refractivity contribution is 0.0600. The summed E-state index contributed by atoms with van der Waals surface area (Å²) in [5.41, 5.74) is 1.31. The number of amides is 1. The molecule has 0 saturated heterocycles. The number of thiazole rings is 1. The molecule has 0 saturated carbocycles. The highest BCUT2D eigenvalue weighted by Gasteiger charge is 2.16. The topological polar surface area (TPSA) is 107 Å². The number of fused-ring (bicyclic) bond motifs is 1. The molecule has 0 aliphatic carbocycles. The lowest BCUT2D eigenvalue weighted by atomic mass is 10.2. The number of halogens is 1. The zero-order chi connectivity index (χ0) is 25.9. The zero-order valence-electron chi connectivity index (χ0n) is 18.8. The Balaban J connectivity index is 1.68. The average Bonchev–Trinajstić information content (AvgIpc) is 3.20. The molecule has 4 aromatic rings. The number of benzene rings is 3. The third kappa shape index (κ3) is 5.19. The van der Waals surface area contributed by atoms with Crippen LogP contribution in [0.1, 0.15) is 20.7 Å². The second-order valence-electron chi connectivity index (χ2n) is 7.41. The number of hydrogen-bond acceptors (Lipinski definition) is 6. The van der Waals surface area contributed by atoms with E-state index in [1.807, 2.05) is 0 Å². The van der Waals surface area contributed by atoms with Gasteiger partial charge in [0, 0.05) is 11.3 Å². The summed E-state index contributed by atoms with van der Waals surface area (Å²) in [6, 6.07) is 15.1. The molecule has 0 spiro atoms. The lowest BCUT2D eigenvalue weighted by Gasteiger charge is -2.08. The molecule has 4 rings (SSSR count). The minimum absolute atomic E-state index is 0.128. The molecule has 0 fully saturated rings. The summed E-state index contributed by atoms with van der Waals surface area (Å²) in [5, 5.41) is 0. The highest BCUT2D eigenvalue weighted by molar-refractivity contribution is 7.92. The Morgan fingerprint density at radius 2 is 1.86 bits per heavy atom. The van der Waals surface area contributed by atoms with Gasteiger partial charge in [0.15, 0.2) is 4.80 Å². The van der Waals surface area contributed by atoms with Gasteiger partial charge in [0.25, 0.3) is 15.9 Å². The third-order valence-corrected chi connectivity index (χ3v) is 7.47. The number of esters is 1. The van der Waals surface area contributed by atoms with Crippen molar-refractivity contribution in [3.05, 3.63) is 88.5 Å². The molecule has 0 unspecified atom stereocenters. The third-order valence-electron chi connectivity index (χ3n) is 5.04. The van der Waals surface area contributed by atoms with Gasteiger partial charge in [0.1, 0.15) is 5.82 Å². The summed E-state index contributed by atoms with van der Waals surface area (Å²) >= 11 is 1.17. The van der Waals surface area contributed by atoms with Gasteiger partial charge in [0.2, 0.25) is 0 Å². The van der Waals surface area contributed by atoms with Crippen LogP contribution in [0.3, 0.4) is 0 Å². The SMILES string of the molecule is C#CCn1c(=NC(=O)c2cccc(NS(=O)(=O)c3ccc(F)cc3)c2)sc2cc(C(=O)OC)ccc21. The van der Waals surface area contributed by atoms with Crippen LogP contribution in [-0.4, -0.2) is 32.0 Å². The van der Waals surface area contributed by atoms with Gasteiger partial charge in [-0.05, 0) is 60.7 Å². The minimum atomic E-state index is -4.00.